The van der Waals surface area contributed by atoms with E-state index in [4.69, 9.17) is 10.5 Å². The molecule has 0 saturated heterocycles. The summed E-state index contributed by atoms with van der Waals surface area (Å²) in [5.41, 5.74) is 8.96. The molecular weight excluding hydrogens is 344 g/mol. The molecule has 0 aliphatic carbocycles. The Balaban J connectivity index is 1.71. The smallest absolute Gasteiger partial charge is 0.361 e. The summed E-state index contributed by atoms with van der Waals surface area (Å²) >= 11 is 0. The van der Waals surface area contributed by atoms with Crippen LogP contribution in [0.3, 0.4) is 0 Å². The van der Waals surface area contributed by atoms with Crippen LogP contribution in [0.2, 0.25) is 0 Å². The summed E-state index contributed by atoms with van der Waals surface area (Å²) in [5, 5.41) is 0. The van der Waals surface area contributed by atoms with Crippen LogP contribution in [0.1, 0.15) is 37.8 Å². The Morgan fingerprint density at radius 3 is 2.52 bits per heavy atom. The Hall–Kier alpha value is -3.48. The number of nitrogen functional groups attached to an aromatic ring is 1. The van der Waals surface area contributed by atoms with E-state index in [1.807, 2.05) is 50.2 Å². The number of rotatable bonds is 6. The van der Waals surface area contributed by atoms with Gasteiger partial charge in [-0.25, -0.2) is 14.8 Å². The second-order valence-corrected chi connectivity index (χ2v) is 6.15. The second kappa shape index (κ2) is 7.82. The van der Waals surface area contributed by atoms with E-state index in [0.717, 1.165) is 17.0 Å². The van der Waals surface area contributed by atoms with Crippen LogP contribution < -0.4 is 5.73 Å². The Labute approximate surface area is 156 Å². The number of anilines is 1. The molecule has 0 unspecified atom stereocenters. The topological polar surface area (TPSA) is 100 Å². The molecule has 0 aliphatic rings. The maximum atomic E-state index is 12.5. The number of carbonyl (C=O) groups is 2. The van der Waals surface area contributed by atoms with Crippen LogP contribution in [0.4, 0.5) is 5.82 Å². The predicted octanol–water partition coefficient (Wildman–Crippen LogP) is 2.57. The minimum atomic E-state index is -0.771. The zero-order valence-electron chi connectivity index (χ0n) is 15.2. The first-order valence-corrected chi connectivity index (χ1v) is 8.45. The maximum Gasteiger partial charge on any atom is 0.361 e. The van der Waals surface area contributed by atoms with Crippen molar-refractivity contribution in [3.8, 4) is 0 Å². The normalized spacial score (nSPS) is 10.6. The molecule has 2 N–H and O–H groups in total. The van der Waals surface area contributed by atoms with E-state index in [0.29, 0.717) is 12.1 Å². The molecule has 3 aromatic rings. The number of ketones is 1. The molecular formula is C20H20N4O3. The number of aryl methyl sites for hydroxylation is 1. The number of Topliss-reactive ketones (excluding diaryl/α,β-unsaturated/α-hetero) is 1. The van der Waals surface area contributed by atoms with Crippen LogP contribution >= 0.6 is 0 Å². The van der Waals surface area contributed by atoms with Crippen LogP contribution in [0.25, 0.3) is 0 Å². The van der Waals surface area contributed by atoms with Gasteiger partial charge < -0.3 is 15.0 Å². The van der Waals surface area contributed by atoms with Gasteiger partial charge in [-0.3, -0.25) is 4.79 Å². The highest BCUT2D eigenvalue weighted by molar-refractivity contribution is 6.00. The number of nitrogens with two attached hydrogens (primary N) is 1. The van der Waals surface area contributed by atoms with Crippen molar-refractivity contribution < 1.29 is 14.3 Å². The number of nitrogens with zero attached hydrogens (tertiary/aromatic N) is 3. The van der Waals surface area contributed by atoms with Gasteiger partial charge in [-0.05, 0) is 25.5 Å². The summed E-state index contributed by atoms with van der Waals surface area (Å²) in [6.07, 6.45) is 2.71. The Kier molecular flexibility index (Phi) is 5.30. The van der Waals surface area contributed by atoms with Gasteiger partial charge in [0.1, 0.15) is 0 Å². The Morgan fingerprint density at radius 2 is 1.81 bits per heavy atom. The standard InChI is InChI=1S/C20H20N4O3/c1-13-10-16(14(2)24(13)11-15-6-4-3-5-7-15)17(25)12-27-20(26)18-19(21)23-9-8-22-18/h3-10H,11-12H2,1-2H3,(H2,21,23). The predicted molar refractivity (Wildman–Crippen MR) is 101 cm³/mol. The van der Waals surface area contributed by atoms with Crippen molar-refractivity contribution in [1.82, 2.24) is 14.5 Å². The summed E-state index contributed by atoms with van der Waals surface area (Å²) in [6.45, 7) is 4.11. The lowest BCUT2D eigenvalue weighted by Crippen LogP contribution is -2.17. The third-order valence-corrected chi connectivity index (χ3v) is 4.31. The molecule has 1 aromatic carbocycles. The molecule has 0 bridgehead atoms. The Bertz CT molecular complexity index is 980. The molecule has 0 radical (unpaired) electrons. The fraction of sp³-hybridized carbons (Fsp3) is 0.200. The lowest BCUT2D eigenvalue weighted by Gasteiger charge is -2.10. The number of aromatic nitrogens is 3. The van der Waals surface area contributed by atoms with Crippen molar-refractivity contribution in [2.75, 3.05) is 12.3 Å². The summed E-state index contributed by atoms with van der Waals surface area (Å²) in [7, 11) is 0. The number of esters is 1. The van der Waals surface area contributed by atoms with E-state index in [9.17, 15) is 9.59 Å². The van der Waals surface area contributed by atoms with Gasteiger partial charge in [-0.15, -0.1) is 0 Å². The van der Waals surface area contributed by atoms with Crippen LogP contribution in [0.15, 0.2) is 48.8 Å². The number of benzene rings is 1. The van der Waals surface area contributed by atoms with Crippen LogP contribution in [-0.2, 0) is 11.3 Å². The first-order valence-electron chi connectivity index (χ1n) is 8.45. The lowest BCUT2D eigenvalue weighted by atomic mass is 10.1. The van der Waals surface area contributed by atoms with Crippen molar-refractivity contribution in [2.24, 2.45) is 0 Å². The fourth-order valence-corrected chi connectivity index (χ4v) is 2.88. The number of hydrogen-bond acceptors (Lipinski definition) is 6. The van der Waals surface area contributed by atoms with Gasteiger partial charge in [0.15, 0.2) is 18.1 Å². The highest BCUT2D eigenvalue weighted by Crippen LogP contribution is 2.18. The van der Waals surface area contributed by atoms with Gasteiger partial charge in [0.2, 0.25) is 5.78 Å². The third-order valence-electron chi connectivity index (χ3n) is 4.31. The van der Waals surface area contributed by atoms with E-state index in [-0.39, 0.29) is 23.9 Å². The summed E-state index contributed by atoms with van der Waals surface area (Å²) in [6, 6.07) is 11.8. The highest BCUT2D eigenvalue weighted by atomic mass is 16.5. The van der Waals surface area contributed by atoms with E-state index < -0.39 is 5.97 Å². The van der Waals surface area contributed by atoms with Crippen molar-refractivity contribution >= 4 is 17.6 Å². The van der Waals surface area contributed by atoms with Gasteiger partial charge in [0.05, 0.1) is 0 Å². The molecule has 2 aromatic heterocycles. The SMILES string of the molecule is Cc1cc(C(=O)COC(=O)c2nccnc2N)c(C)n1Cc1ccccc1. The third kappa shape index (κ3) is 4.03. The minimum absolute atomic E-state index is 0.0315. The van der Waals surface area contributed by atoms with Gasteiger partial charge >= 0.3 is 5.97 Å². The number of carbonyl (C=O) groups excluding carboxylic acids is 2. The molecule has 0 aliphatic heterocycles. The van der Waals surface area contributed by atoms with Crippen molar-refractivity contribution in [1.29, 1.82) is 0 Å². The van der Waals surface area contributed by atoms with Gasteiger partial charge in [-0.2, -0.15) is 0 Å². The van der Waals surface area contributed by atoms with E-state index in [2.05, 4.69) is 14.5 Å². The molecule has 0 saturated carbocycles. The molecule has 7 nitrogen and oxygen atoms in total. The quantitative estimate of drug-likeness (QED) is 0.533. The number of hydrogen-bond donors (Lipinski definition) is 1. The molecule has 0 fully saturated rings. The zero-order chi connectivity index (χ0) is 19.4. The van der Waals surface area contributed by atoms with E-state index in [1.165, 1.54) is 12.4 Å². The minimum Gasteiger partial charge on any atom is -0.452 e. The number of ether oxygens (including phenoxy) is 1. The molecule has 3 rings (SSSR count). The first kappa shape index (κ1) is 18.3. The van der Waals surface area contributed by atoms with E-state index in [1.54, 1.807) is 0 Å². The summed E-state index contributed by atoms with van der Waals surface area (Å²) in [4.78, 5) is 32.2. The van der Waals surface area contributed by atoms with Gasteiger partial charge in [-0.1, -0.05) is 30.3 Å². The first-order chi connectivity index (χ1) is 13.0. The lowest BCUT2D eigenvalue weighted by molar-refractivity contribution is 0.0469. The van der Waals surface area contributed by atoms with Crippen molar-refractivity contribution in [3.63, 3.8) is 0 Å². The molecule has 0 amide bonds. The van der Waals surface area contributed by atoms with Crippen molar-refractivity contribution in [2.45, 2.75) is 20.4 Å². The Morgan fingerprint density at radius 1 is 1.11 bits per heavy atom. The molecule has 2 heterocycles. The van der Waals surface area contributed by atoms with Crippen LogP contribution in [0.5, 0.6) is 0 Å². The molecule has 0 atom stereocenters. The average Bonchev–Trinajstić information content (AvgIpc) is 2.95. The summed E-state index contributed by atoms with van der Waals surface area (Å²) < 4.78 is 7.13. The largest absolute Gasteiger partial charge is 0.452 e. The van der Waals surface area contributed by atoms with E-state index >= 15 is 0 Å². The fourth-order valence-electron chi connectivity index (χ4n) is 2.88. The van der Waals surface area contributed by atoms with Gasteiger partial charge in [0.25, 0.3) is 0 Å². The second-order valence-electron chi connectivity index (χ2n) is 6.15. The molecule has 0 spiro atoms. The highest BCUT2D eigenvalue weighted by Gasteiger charge is 2.19. The molecule has 138 valence electrons. The molecule has 7 heteroatoms. The van der Waals surface area contributed by atoms with Crippen LogP contribution in [0, 0.1) is 13.8 Å². The zero-order valence-corrected chi connectivity index (χ0v) is 15.2. The van der Waals surface area contributed by atoms with Crippen molar-refractivity contribution in [3.05, 3.63) is 77.0 Å². The monoisotopic (exact) mass is 364 g/mol. The average molecular weight is 364 g/mol. The van der Waals surface area contributed by atoms with Gasteiger partial charge in [0, 0.05) is 35.9 Å². The summed E-state index contributed by atoms with van der Waals surface area (Å²) in [5.74, 6) is -1.08. The van der Waals surface area contributed by atoms with Crippen LogP contribution in [-0.4, -0.2) is 32.9 Å². The molecule has 27 heavy (non-hydrogen) atoms. The maximum absolute atomic E-state index is 12.5.